The summed E-state index contributed by atoms with van der Waals surface area (Å²) in [6, 6.07) is 0. The van der Waals surface area contributed by atoms with Gasteiger partial charge < -0.3 is 9.63 Å². The highest BCUT2D eigenvalue weighted by atomic mass is 16.5. The van der Waals surface area contributed by atoms with Crippen LogP contribution in [-0.4, -0.2) is 15.2 Å². The molecule has 4 nitrogen and oxygen atoms in total. The van der Waals surface area contributed by atoms with Crippen LogP contribution in [0, 0.1) is 5.92 Å². The molecule has 1 N–H and O–H groups in total. The van der Waals surface area contributed by atoms with E-state index in [0.717, 1.165) is 18.2 Å². The molecule has 1 aliphatic carbocycles. The molecule has 0 aliphatic heterocycles. The molecule has 1 aromatic rings. The molecule has 11 heavy (non-hydrogen) atoms. The average Bonchev–Trinajstić information content (AvgIpc) is 2.68. The molecule has 0 spiro atoms. The molecule has 0 amide bonds. The molecule has 2 rings (SSSR count). The van der Waals surface area contributed by atoms with Gasteiger partial charge in [-0.2, -0.15) is 4.98 Å². The number of aliphatic hydroxyl groups excluding tert-OH is 1. The summed E-state index contributed by atoms with van der Waals surface area (Å²) < 4.78 is 4.73. The van der Waals surface area contributed by atoms with Crippen molar-refractivity contribution >= 4 is 0 Å². The van der Waals surface area contributed by atoms with Crippen molar-refractivity contribution in [2.75, 3.05) is 0 Å². The first kappa shape index (κ1) is 6.79. The highest BCUT2D eigenvalue weighted by molar-refractivity contribution is 4.90. The Bertz CT molecular complexity index is 242. The highest BCUT2D eigenvalue weighted by Crippen LogP contribution is 2.31. The van der Waals surface area contributed by atoms with Crippen molar-refractivity contribution in [3.8, 4) is 0 Å². The van der Waals surface area contributed by atoms with Crippen LogP contribution in [0.2, 0.25) is 0 Å². The molecule has 1 aromatic heterocycles. The molecular formula is C7H10N2O2. The number of nitrogens with zero attached hydrogens (tertiary/aromatic N) is 2. The standard InChI is InChI=1S/C7H10N2O2/c10-4-7-8-6(9-11-7)3-5-1-2-5/h5,10H,1-4H2. The second-order valence-corrected chi connectivity index (χ2v) is 2.91. The summed E-state index contributed by atoms with van der Waals surface area (Å²) in [4.78, 5) is 3.98. The minimum Gasteiger partial charge on any atom is -0.387 e. The van der Waals surface area contributed by atoms with E-state index in [9.17, 15) is 0 Å². The summed E-state index contributed by atoms with van der Waals surface area (Å²) >= 11 is 0. The largest absolute Gasteiger partial charge is 0.387 e. The smallest absolute Gasteiger partial charge is 0.252 e. The lowest BCUT2D eigenvalue weighted by Gasteiger charge is -1.84. The molecule has 1 heterocycles. The molecule has 1 saturated carbocycles. The lowest BCUT2D eigenvalue weighted by Crippen LogP contribution is -1.90. The van der Waals surface area contributed by atoms with Crippen LogP contribution in [0.5, 0.6) is 0 Å². The molecule has 0 saturated heterocycles. The van der Waals surface area contributed by atoms with Gasteiger partial charge in [-0.15, -0.1) is 0 Å². The molecule has 0 atom stereocenters. The van der Waals surface area contributed by atoms with Gasteiger partial charge in [-0.1, -0.05) is 5.16 Å². The quantitative estimate of drug-likeness (QED) is 0.689. The van der Waals surface area contributed by atoms with Crippen LogP contribution >= 0.6 is 0 Å². The lowest BCUT2D eigenvalue weighted by atomic mass is 10.3. The summed E-state index contributed by atoms with van der Waals surface area (Å²) in [6.07, 6.45) is 3.47. The van der Waals surface area contributed by atoms with Crippen molar-refractivity contribution in [2.45, 2.75) is 25.9 Å². The van der Waals surface area contributed by atoms with Crippen molar-refractivity contribution in [3.63, 3.8) is 0 Å². The molecule has 0 unspecified atom stereocenters. The van der Waals surface area contributed by atoms with E-state index in [4.69, 9.17) is 9.63 Å². The van der Waals surface area contributed by atoms with E-state index in [1.165, 1.54) is 12.8 Å². The van der Waals surface area contributed by atoms with Gasteiger partial charge >= 0.3 is 0 Å². The van der Waals surface area contributed by atoms with Gasteiger partial charge in [0.05, 0.1) is 0 Å². The van der Waals surface area contributed by atoms with Crippen LogP contribution < -0.4 is 0 Å². The molecule has 1 aliphatic rings. The highest BCUT2D eigenvalue weighted by Gasteiger charge is 2.23. The molecule has 0 aromatic carbocycles. The first-order chi connectivity index (χ1) is 5.38. The number of rotatable bonds is 3. The Hall–Kier alpha value is -0.900. The zero-order chi connectivity index (χ0) is 7.68. The Morgan fingerprint density at radius 3 is 2.91 bits per heavy atom. The SMILES string of the molecule is OCc1nc(CC2CC2)no1. The van der Waals surface area contributed by atoms with E-state index in [1.807, 2.05) is 0 Å². The Balaban J connectivity index is 1.99. The Labute approximate surface area is 64.2 Å². The predicted octanol–water partition coefficient (Wildman–Crippen LogP) is 0.514. The molecule has 1 fully saturated rings. The van der Waals surface area contributed by atoms with Gasteiger partial charge in [0.2, 0.25) is 0 Å². The third-order valence-electron chi connectivity index (χ3n) is 1.81. The van der Waals surface area contributed by atoms with Gasteiger partial charge in [-0.05, 0) is 18.8 Å². The summed E-state index contributed by atoms with van der Waals surface area (Å²) in [5, 5.41) is 12.3. The number of aromatic nitrogens is 2. The topological polar surface area (TPSA) is 59.2 Å². The monoisotopic (exact) mass is 154 g/mol. The van der Waals surface area contributed by atoms with Crippen LogP contribution in [0.3, 0.4) is 0 Å². The predicted molar refractivity (Wildman–Crippen MR) is 36.6 cm³/mol. The van der Waals surface area contributed by atoms with Crippen LogP contribution in [0.4, 0.5) is 0 Å². The van der Waals surface area contributed by atoms with Gasteiger partial charge in [-0.3, -0.25) is 0 Å². The summed E-state index contributed by atoms with van der Waals surface area (Å²) in [7, 11) is 0. The normalized spacial score (nSPS) is 17.2. The van der Waals surface area contributed by atoms with Crippen LogP contribution in [0.25, 0.3) is 0 Å². The van der Waals surface area contributed by atoms with Crippen LogP contribution in [0.15, 0.2) is 4.52 Å². The van der Waals surface area contributed by atoms with Crippen molar-refractivity contribution in [1.82, 2.24) is 10.1 Å². The maximum Gasteiger partial charge on any atom is 0.252 e. The zero-order valence-electron chi connectivity index (χ0n) is 6.16. The van der Waals surface area contributed by atoms with Crippen molar-refractivity contribution in [1.29, 1.82) is 0 Å². The molecule has 0 bridgehead atoms. The number of hydrogen-bond donors (Lipinski definition) is 1. The summed E-state index contributed by atoms with van der Waals surface area (Å²) in [6.45, 7) is -0.155. The lowest BCUT2D eigenvalue weighted by molar-refractivity contribution is 0.222. The summed E-state index contributed by atoms with van der Waals surface area (Å²) in [5.41, 5.74) is 0. The number of hydrogen-bond acceptors (Lipinski definition) is 4. The van der Waals surface area contributed by atoms with E-state index in [-0.39, 0.29) is 6.61 Å². The van der Waals surface area contributed by atoms with E-state index in [0.29, 0.717) is 5.89 Å². The summed E-state index contributed by atoms with van der Waals surface area (Å²) in [5.74, 6) is 1.82. The fourth-order valence-corrected chi connectivity index (χ4v) is 1.02. The van der Waals surface area contributed by atoms with Gasteiger partial charge in [0, 0.05) is 6.42 Å². The van der Waals surface area contributed by atoms with Gasteiger partial charge in [0.25, 0.3) is 5.89 Å². The minimum atomic E-state index is -0.155. The maximum atomic E-state index is 8.60. The second-order valence-electron chi connectivity index (χ2n) is 2.91. The fraction of sp³-hybridized carbons (Fsp3) is 0.714. The maximum absolute atomic E-state index is 8.60. The van der Waals surface area contributed by atoms with E-state index >= 15 is 0 Å². The third kappa shape index (κ3) is 1.57. The van der Waals surface area contributed by atoms with Gasteiger partial charge in [0.1, 0.15) is 6.61 Å². The van der Waals surface area contributed by atoms with E-state index < -0.39 is 0 Å². The third-order valence-corrected chi connectivity index (χ3v) is 1.81. The molecule has 4 heteroatoms. The molecular weight excluding hydrogens is 144 g/mol. The van der Waals surface area contributed by atoms with Crippen molar-refractivity contribution in [2.24, 2.45) is 5.92 Å². The first-order valence-electron chi connectivity index (χ1n) is 3.81. The number of aliphatic hydroxyl groups is 1. The minimum absolute atomic E-state index is 0.155. The van der Waals surface area contributed by atoms with Gasteiger partial charge in [-0.25, -0.2) is 0 Å². The van der Waals surface area contributed by atoms with Crippen LogP contribution in [-0.2, 0) is 13.0 Å². The molecule has 60 valence electrons. The van der Waals surface area contributed by atoms with Gasteiger partial charge in [0.15, 0.2) is 5.82 Å². The Morgan fingerprint density at radius 2 is 2.36 bits per heavy atom. The van der Waals surface area contributed by atoms with Crippen molar-refractivity contribution in [3.05, 3.63) is 11.7 Å². The molecule has 0 radical (unpaired) electrons. The second kappa shape index (κ2) is 2.62. The zero-order valence-corrected chi connectivity index (χ0v) is 6.16. The first-order valence-corrected chi connectivity index (χ1v) is 3.81. The average molecular weight is 154 g/mol. The Kier molecular flexibility index (Phi) is 1.62. The van der Waals surface area contributed by atoms with E-state index in [2.05, 4.69) is 10.1 Å². The van der Waals surface area contributed by atoms with Crippen molar-refractivity contribution < 1.29 is 9.63 Å². The fourth-order valence-electron chi connectivity index (χ4n) is 1.02. The Morgan fingerprint density at radius 1 is 1.55 bits per heavy atom. The van der Waals surface area contributed by atoms with E-state index in [1.54, 1.807) is 0 Å². The van der Waals surface area contributed by atoms with Crippen LogP contribution in [0.1, 0.15) is 24.6 Å².